The smallest absolute Gasteiger partial charge is 0.260 e. The summed E-state index contributed by atoms with van der Waals surface area (Å²) in [7, 11) is 0. The Morgan fingerprint density at radius 1 is 0.966 bits per heavy atom. The van der Waals surface area contributed by atoms with Gasteiger partial charge in [0.25, 0.3) is 5.91 Å². The number of nitrogens with one attached hydrogen (secondary N) is 1. The van der Waals surface area contributed by atoms with E-state index in [-0.39, 0.29) is 24.3 Å². The molecule has 1 aliphatic rings. The molecule has 0 atom stereocenters. The molecule has 0 spiro atoms. The largest absolute Gasteiger partial charge is 0.492 e. The zero-order valence-corrected chi connectivity index (χ0v) is 16.4. The molecule has 0 aliphatic carbocycles. The molecule has 0 radical (unpaired) electrons. The van der Waals surface area contributed by atoms with E-state index >= 15 is 0 Å². The van der Waals surface area contributed by atoms with Crippen LogP contribution in [0.2, 0.25) is 0 Å². The number of para-hydroxylation sites is 1. The second-order valence-corrected chi connectivity index (χ2v) is 6.91. The Labute approximate surface area is 170 Å². The summed E-state index contributed by atoms with van der Waals surface area (Å²) in [5, 5.41) is 2.94. The first-order chi connectivity index (χ1) is 14.2. The average Bonchev–Trinajstić information content (AvgIpc) is 2.78. The molecule has 7 heteroatoms. The van der Waals surface area contributed by atoms with Gasteiger partial charge in [0.1, 0.15) is 18.1 Å². The second kappa shape index (κ2) is 10.5. The number of rotatable bonds is 8. The van der Waals surface area contributed by atoms with Crippen molar-refractivity contribution in [1.29, 1.82) is 0 Å². The van der Waals surface area contributed by atoms with Crippen molar-refractivity contribution in [2.75, 3.05) is 38.2 Å². The lowest BCUT2D eigenvalue weighted by Crippen LogP contribution is -2.43. The fourth-order valence-corrected chi connectivity index (χ4v) is 3.20. The first-order valence-corrected chi connectivity index (χ1v) is 9.85. The van der Waals surface area contributed by atoms with Crippen molar-refractivity contribution in [3.63, 3.8) is 0 Å². The number of hydrogen-bond acceptors (Lipinski definition) is 5. The van der Waals surface area contributed by atoms with Gasteiger partial charge >= 0.3 is 0 Å². The first kappa shape index (κ1) is 20.7. The van der Waals surface area contributed by atoms with Gasteiger partial charge in [0.05, 0.1) is 0 Å². The zero-order valence-electron chi connectivity index (χ0n) is 16.4. The molecule has 154 valence electrons. The third kappa shape index (κ3) is 6.22. The van der Waals surface area contributed by atoms with E-state index < -0.39 is 0 Å². The highest BCUT2D eigenvalue weighted by Crippen LogP contribution is 2.21. The molecule has 1 aliphatic heterocycles. The van der Waals surface area contributed by atoms with E-state index in [9.17, 15) is 9.59 Å². The van der Waals surface area contributed by atoms with Crippen LogP contribution in [0.3, 0.4) is 0 Å². The van der Waals surface area contributed by atoms with Crippen LogP contribution in [-0.4, -0.2) is 49.6 Å². The molecule has 1 fully saturated rings. The van der Waals surface area contributed by atoms with Crippen LogP contribution in [0.4, 0.5) is 5.69 Å². The summed E-state index contributed by atoms with van der Waals surface area (Å²) in [6, 6.07) is 16.5. The Kier molecular flexibility index (Phi) is 7.47. The molecule has 2 amide bonds. The summed E-state index contributed by atoms with van der Waals surface area (Å²) in [6.45, 7) is 2.04. The number of nitrogens with zero attached hydrogens (tertiary/aromatic N) is 1. The lowest BCUT2D eigenvalue weighted by molar-refractivity contribution is -0.136. The summed E-state index contributed by atoms with van der Waals surface area (Å²) in [6.07, 6.45) is 1.28. The van der Waals surface area contributed by atoms with Gasteiger partial charge in [0, 0.05) is 31.2 Å². The summed E-state index contributed by atoms with van der Waals surface area (Å²) in [5.74, 6) is 1.21. The minimum atomic E-state index is -0.109. The number of hydrogen-bond donors (Lipinski definition) is 2. The third-order valence-electron chi connectivity index (χ3n) is 4.83. The lowest BCUT2D eigenvalue weighted by atomic mass is 9.95. The Morgan fingerprint density at radius 3 is 2.28 bits per heavy atom. The molecule has 0 unspecified atom stereocenters. The molecule has 3 N–H and O–H groups in total. The van der Waals surface area contributed by atoms with Crippen LogP contribution < -0.4 is 20.5 Å². The predicted molar refractivity (Wildman–Crippen MR) is 111 cm³/mol. The van der Waals surface area contributed by atoms with E-state index in [2.05, 4.69) is 5.32 Å². The van der Waals surface area contributed by atoms with Crippen LogP contribution in [0.5, 0.6) is 11.5 Å². The molecule has 7 nitrogen and oxygen atoms in total. The number of likely N-dealkylation sites (tertiary alicyclic amines) is 1. The number of piperidine rings is 1. The summed E-state index contributed by atoms with van der Waals surface area (Å²) >= 11 is 0. The van der Waals surface area contributed by atoms with Gasteiger partial charge in [-0.1, -0.05) is 18.2 Å². The number of ether oxygens (including phenoxy) is 2. The topological polar surface area (TPSA) is 93.9 Å². The van der Waals surface area contributed by atoms with Gasteiger partial charge < -0.3 is 25.4 Å². The quantitative estimate of drug-likeness (QED) is 0.713. The van der Waals surface area contributed by atoms with E-state index in [0.29, 0.717) is 44.8 Å². The van der Waals surface area contributed by atoms with Crippen molar-refractivity contribution >= 4 is 17.5 Å². The van der Waals surface area contributed by atoms with Crippen LogP contribution in [-0.2, 0) is 9.59 Å². The molecular formula is C22H27N3O4. The molecule has 0 aromatic heterocycles. The van der Waals surface area contributed by atoms with E-state index in [4.69, 9.17) is 15.2 Å². The molecule has 3 rings (SSSR count). The van der Waals surface area contributed by atoms with Gasteiger partial charge in [0.2, 0.25) is 5.91 Å². The van der Waals surface area contributed by atoms with Crippen LogP contribution in [0.15, 0.2) is 54.6 Å². The van der Waals surface area contributed by atoms with Crippen molar-refractivity contribution in [1.82, 2.24) is 4.90 Å². The SMILES string of the molecule is NCCOc1ccc(NC(=O)C2CCN(C(=O)COc3ccccc3)CC2)cc1. The van der Waals surface area contributed by atoms with Gasteiger partial charge in [0.15, 0.2) is 6.61 Å². The van der Waals surface area contributed by atoms with E-state index in [0.717, 1.165) is 11.4 Å². The minimum absolute atomic E-state index is 0.0133. The molecular weight excluding hydrogens is 370 g/mol. The standard InChI is InChI=1S/C22H27N3O4/c23-12-15-28-20-8-6-18(7-9-20)24-22(27)17-10-13-25(14-11-17)21(26)16-29-19-4-2-1-3-5-19/h1-9,17H,10-16,23H2,(H,24,27). The van der Waals surface area contributed by atoms with E-state index in [1.54, 1.807) is 17.0 Å². The van der Waals surface area contributed by atoms with Gasteiger partial charge in [-0.2, -0.15) is 0 Å². The third-order valence-corrected chi connectivity index (χ3v) is 4.83. The number of carbonyl (C=O) groups excluding carboxylic acids is 2. The number of carbonyl (C=O) groups is 2. The Hall–Kier alpha value is -3.06. The van der Waals surface area contributed by atoms with Crippen LogP contribution in [0, 0.1) is 5.92 Å². The van der Waals surface area contributed by atoms with E-state index in [1.807, 2.05) is 42.5 Å². The first-order valence-electron chi connectivity index (χ1n) is 9.85. The number of anilines is 1. The maximum absolute atomic E-state index is 12.5. The number of benzene rings is 2. The van der Waals surface area contributed by atoms with Gasteiger partial charge in [-0.05, 0) is 49.2 Å². The van der Waals surface area contributed by atoms with Gasteiger partial charge in [-0.25, -0.2) is 0 Å². The lowest BCUT2D eigenvalue weighted by Gasteiger charge is -2.31. The predicted octanol–water partition coefficient (Wildman–Crippen LogP) is 2.28. The molecule has 1 heterocycles. The monoisotopic (exact) mass is 397 g/mol. The maximum atomic E-state index is 12.5. The fraction of sp³-hybridized carbons (Fsp3) is 0.364. The number of amides is 2. The minimum Gasteiger partial charge on any atom is -0.492 e. The second-order valence-electron chi connectivity index (χ2n) is 6.91. The average molecular weight is 397 g/mol. The molecule has 0 saturated carbocycles. The molecule has 29 heavy (non-hydrogen) atoms. The molecule has 2 aromatic rings. The van der Waals surface area contributed by atoms with Gasteiger partial charge in [-0.3, -0.25) is 9.59 Å². The van der Waals surface area contributed by atoms with Crippen molar-refractivity contribution < 1.29 is 19.1 Å². The molecule has 0 bridgehead atoms. The van der Waals surface area contributed by atoms with Crippen LogP contribution >= 0.6 is 0 Å². The van der Waals surface area contributed by atoms with Crippen LogP contribution in [0.1, 0.15) is 12.8 Å². The van der Waals surface area contributed by atoms with E-state index in [1.165, 1.54) is 0 Å². The highest BCUT2D eigenvalue weighted by Gasteiger charge is 2.27. The van der Waals surface area contributed by atoms with Gasteiger partial charge in [-0.15, -0.1) is 0 Å². The summed E-state index contributed by atoms with van der Waals surface area (Å²) in [5.41, 5.74) is 6.14. The zero-order chi connectivity index (χ0) is 20.5. The highest BCUT2D eigenvalue weighted by molar-refractivity contribution is 5.92. The normalized spacial score (nSPS) is 14.3. The maximum Gasteiger partial charge on any atom is 0.260 e. The Bertz CT molecular complexity index is 787. The van der Waals surface area contributed by atoms with Crippen molar-refractivity contribution in [2.45, 2.75) is 12.8 Å². The Morgan fingerprint density at radius 2 is 1.62 bits per heavy atom. The van der Waals surface area contributed by atoms with Crippen molar-refractivity contribution in [3.8, 4) is 11.5 Å². The fourth-order valence-electron chi connectivity index (χ4n) is 3.20. The molecule has 2 aromatic carbocycles. The van der Waals surface area contributed by atoms with Crippen molar-refractivity contribution in [3.05, 3.63) is 54.6 Å². The van der Waals surface area contributed by atoms with Crippen LogP contribution in [0.25, 0.3) is 0 Å². The number of nitrogens with two attached hydrogens (primary N) is 1. The summed E-state index contributed by atoms with van der Waals surface area (Å²) < 4.78 is 10.9. The Balaban J connectivity index is 1.41. The van der Waals surface area contributed by atoms with Crippen molar-refractivity contribution in [2.24, 2.45) is 11.7 Å². The molecule has 1 saturated heterocycles. The highest BCUT2D eigenvalue weighted by atomic mass is 16.5. The summed E-state index contributed by atoms with van der Waals surface area (Å²) in [4.78, 5) is 26.6.